The number of carboxylic acid groups (broad SMARTS) is 2. The Bertz CT molecular complexity index is 702. The summed E-state index contributed by atoms with van der Waals surface area (Å²) < 4.78 is 5.56. The van der Waals surface area contributed by atoms with E-state index in [1.54, 1.807) is 12.1 Å². The van der Waals surface area contributed by atoms with E-state index in [1.165, 1.54) is 0 Å². The van der Waals surface area contributed by atoms with Crippen molar-refractivity contribution in [3.8, 4) is 5.75 Å². The van der Waals surface area contributed by atoms with Gasteiger partial charge in [0, 0.05) is 12.8 Å². The summed E-state index contributed by atoms with van der Waals surface area (Å²) >= 11 is 0. The molecule has 4 N–H and O–H groups in total. The van der Waals surface area contributed by atoms with Gasteiger partial charge in [0.15, 0.2) is 6.10 Å². The minimum absolute atomic E-state index is 0.315. The van der Waals surface area contributed by atoms with E-state index in [0.29, 0.717) is 12.2 Å². The predicted molar refractivity (Wildman–Crippen MR) is 88.0 cm³/mol. The SMILES string of the molecule is N[C@@H](CC(Oc1ccccc1Cc1ccccc1)C(=O)O)C(=O)O. The summed E-state index contributed by atoms with van der Waals surface area (Å²) in [7, 11) is 0. The zero-order chi connectivity index (χ0) is 17.5. The van der Waals surface area contributed by atoms with Gasteiger partial charge < -0.3 is 20.7 Å². The third-order valence-electron chi connectivity index (χ3n) is 3.54. The Morgan fingerprint density at radius 2 is 1.58 bits per heavy atom. The minimum Gasteiger partial charge on any atom is -0.480 e. The Morgan fingerprint density at radius 1 is 0.958 bits per heavy atom. The number of aliphatic carboxylic acids is 2. The lowest BCUT2D eigenvalue weighted by molar-refractivity contribution is -0.146. The first-order valence-electron chi connectivity index (χ1n) is 7.47. The molecule has 2 aromatic rings. The Labute approximate surface area is 139 Å². The van der Waals surface area contributed by atoms with Crippen LogP contribution in [0.25, 0.3) is 0 Å². The molecule has 0 spiro atoms. The molecule has 0 amide bonds. The van der Waals surface area contributed by atoms with Gasteiger partial charge in [-0.25, -0.2) is 4.79 Å². The molecule has 0 bridgehead atoms. The van der Waals surface area contributed by atoms with E-state index in [-0.39, 0.29) is 6.42 Å². The lowest BCUT2D eigenvalue weighted by atomic mass is 10.0. The van der Waals surface area contributed by atoms with Crippen LogP contribution in [0.2, 0.25) is 0 Å². The third-order valence-corrected chi connectivity index (χ3v) is 3.54. The number of nitrogens with two attached hydrogens (primary N) is 1. The molecule has 126 valence electrons. The quantitative estimate of drug-likeness (QED) is 0.682. The molecule has 6 heteroatoms. The largest absolute Gasteiger partial charge is 0.480 e. The van der Waals surface area contributed by atoms with Crippen molar-refractivity contribution in [1.29, 1.82) is 0 Å². The fraction of sp³-hybridized carbons (Fsp3) is 0.222. The van der Waals surface area contributed by atoms with E-state index in [4.69, 9.17) is 15.6 Å². The molecule has 0 radical (unpaired) electrons. The number of benzene rings is 2. The third kappa shape index (κ3) is 4.82. The Balaban J connectivity index is 2.18. The van der Waals surface area contributed by atoms with Gasteiger partial charge in [-0.05, 0) is 17.2 Å². The van der Waals surface area contributed by atoms with Gasteiger partial charge in [-0.2, -0.15) is 0 Å². The fourth-order valence-corrected chi connectivity index (χ4v) is 2.26. The van der Waals surface area contributed by atoms with Crippen LogP contribution < -0.4 is 10.5 Å². The first-order valence-corrected chi connectivity index (χ1v) is 7.47. The maximum Gasteiger partial charge on any atom is 0.344 e. The molecule has 0 aliphatic heterocycles. The molecule has 0 aliphatic rings. The summed E-state index contributed by atoms with van der Waals surface area (Å²) in [6.45, 7) is 0. The average molecular weight is 329 g/mol. The van der Waals surface area contributed by atoms with E-state index in [0.717, 1.165) is 11.1 Å². The van der Waals surface area contributed by atoms with Crippen molar-refractivity contribution in [1.82, 2.24) is 0 Å². The number of rotatable bonds is 8. The molecule has 2 atom stereocenters. The summed E-state index contributed by atoms with van der Waals surface area (Å²) in [6.07, 6.45) is -1.06. The van der Waals surface area contributed by atoms with Gasteiger partial charge >= 0.3 is 11.9 Å². The van der Waals surface area contributed by atoms with E-state index in [9.17, 15) is 14.7 Å². The second kappa shape index (κ2) is 8.12. The number of para-hydroxylation sites is 1. The second-order valence-electron chi connectivity index (χ2n) is 5.40. The molecular formula is C18H19NO5. The first kappa shape index (κ1) is 17.5. The maximum atomic E-state index is 11.4. The van der Waals surface area contributed by atoms with Crippen molar-refractivity contribution in [3.05, 3.63) is 65.7 Å². The zero-order valence-corrected chi connectivity index (χ0v) is 13.0. The van der Waals surface area contributed by atoms with Crippen LogP contribution in [-0.2, 0) is 16.0 Å². The molecule has 2 aromatic carbocycles. The Kier molecular flexibility index (Phi) is 5.92. The van der Waals surface area contributed by atoms with Gasteiger partial charge in [0.1, 0.15) is 11.8 Å². The standard InChI is InChI=1S/C18H19NO5/c19-14(17(20)21)11-16(18(22)23)24-15-9-5-4-8-13(15)10-12-6-2-1-3-7-12/h1-9,14,16H,10-11,19H2,(H,20,21)(H,22,23)/t14-,16?/m0/s1. The summed E-state index contributed by atoms with van der Waals surface area (Å²) in [5.74, 6) is -2.10. The second-order valence-corrected chi connectivity index (χ2v) is 5.40. The highest BCUT2D eigenvalue weighted by Crippen LogP contribution is 2.23. The molecular weight excluding hydrogens is 310 g/mol. The molecule has 0 heterocycles. The van der Waals surface area contributed by atoms with Gasteiger partial charge in [0.05, 0.1) is 0 Å². The van der Waals surface area contributed by atoms with Crippen LogP contribution in [0.4, 0.5) is 0 Å². The van der Waals surface area contributed by atoms with Crippen molar-refractivity contribution in [2.75, 3.05) is 0 Å². The highest BCUT2D eigenvalue weighted by Gasteiger charge is 2.26. The van der Waals surface area contributed by atoms with E-state index < -0.39 is 24.1 Å². The molecule has 0 saturated heterocycles. The Morgan fingerprint density at radius 3 is 2.21 bits per heavy atom. The molecule has 1 unspecified atom stereocenters. The van der Waals surface area contributed by atoms with Crippen molar-refractivity contribution in [2.24, 2.45) is 5.73 Å². The van der Waals surface area contributed by atoms with Gasteiger partial charge in [-0.1, -0.05) is 48.5 Å². The topological polar surface area (TPSA) is 110 Å². The molecule has 0 aromatic heterocycles. The smallest absolute Gasteiger partial charge is 0.344 e. The van der Waals surface area contributed by atoms with Gasteiger partial charge in [0.25, 0.3) is 0 Å². The molecule has 0 saturated carbocycles. The molecule has 0 fully saturated rings. The van der Waals surface area contributed by atoms with Crippen LogP contribution in [0.15, 0.2) is 54.6 Å². The minimum atomic E-state index is -1.33. The highest BCUT2D eigenvalue weighted by atomic mass is 16.5. The fourth-order valence-electron chi connectivity index (χ4n) is 2.26. The summed E-state index contributed by atoms with van der Waals surface area (Å²) in [5, 5.41) is 18.1. The van der Waals surface area contributed by atoms with Crippen LogP contribution in [0.1, 0.15) is 17.5 Å². The summed E-state index contributed by atoms with van der Waals surface area (Å²) in [5.41, 5.74) is 7.30. The van der Waals surface area contributed by atoms with E-state index in [2.05, 4.69) is 0 Å². The van der Waals surface area contributed by atoms with Crippen LogP contribution in [-0.4, -0.2) is 34.3 Å². The zero-order valence-electron chi connectivity index (χ0n) is 13.0. The number of carbonyl (C=O) groups is 2. The van der Waals surface area contributed by atoms with Crippen LogP contribution in [0.5, 0.6) is 5.75 Å². The molecule has 24 heavy (non-hydrogen) atoms. The molecule has 2 rings (SSSR count). The van der Waals surface area contributed by atoms with Crippen molar-refractivity contribution in [2.45, 2.75) is 25.0 Å². The van der Waals surface area contributed by atoms with Gasteiger partial charge in [-0.15, -0.1) is 0 Å². The van der Waals surface area contributed by atoms with Crippen molar-refractivity contribution >= 4 is 11.9 Å². The van der Waals surface area contributed by atoms with Crippen molar-refractivity contribution < 1.29 is 24.5 Å². The normalized spacial score (nSPS) is 13.0. The lowest BCUT2D eigenvalue weighted by Crippen LogP contribution is -2.39. The number of ether oxygens (including phenoxy) is 1. The molecule has 6 nitrogen and oxygen atoms in total. The average Bonchev–Trinajstić information content (AvgIpc) is 2.56. The van der Waals surface area contributed by atoms with Crippen LogP contribution in [0, 0.1) is 0 Å². The monoisotopic (exact) mass is 329 g/mol. The van der Waals surface area contributed by atoms with E-state index >= 15 is 0 Å². The summed E-state index contributed by atoms with van der Waals surface area (Å²) in [6, 6.07) is 15.5. The number of hydrogen-bond donors (Lipinski definition) is 3. The summed E-state index contributed by atoms with van der Waals surface area (Å²) in [4.78, 5) is 22.2. The van der Waals surface area contributed by atoms with Crippen molar-refractivity contribution in [3.63, 3.8) is 0 Å². The molecule has 0 aliphatic carbocycles. The maximum absolute atomic E-state index is 11.4. The van der Waals surface area contributed by atoms with Gasteiger partial charge in [-0.3, -0.25) is 4.79 Å². The lowest BCUT2D eigenvalue weighted by Gasteiger charge is -2.19. The highest BCUT2D eigenvalue weighted by molar-refractivity contribution is 5.77. The van der Waals surface area contributed by atoms with Crippen LogP contribution in [0.3, 0.4) is 0 Å². The van der Waals surface area contributed by atoms with Gasteiger partial charge in [0.2, 0.25) is 0 Å². The first-order chi connectivity index (χ1) is 11.5. The number of hydrogen-bond acceptors (Lipinski definition) is 4. The van der Waals surface area contributed by atoms with Crippen LogP contribution >= 0.6 is 0 Å². The van der Waals surface area contributed by atoms with E-state index in [1.807, 2.05) is 42.5 Å². The predicted octanol–water partition coefficient (Wildman–Crippen LogP) is 1.91. The number of carboxylic acids is 2. The Hall–Kier alpha value is -2.86.